The average Bonchev–Trinajstić information content (AvgIpc) is 3.49. The first-order chi connectivity index (χ1) is 20.2. The summed E-state index contributed by atoms with van der Waals surface area (Å²) < 4.78 is 17.0. The molecule has 0 radical (unpaired) electrons. The van der Waals surface area contributed by atoms with Crippen LogP contribution in [0, 0.1) is 13.8 Å². The lowest BCUT2D eigenvalue weighted by molar-refractivity contribution is -0.132. The van der Waals surface area contributed by atoms with Crippen LogP contribution in [0.1, 0.15) is 64.8 Å². The van der Waals surface area contributed by atoms with Crippen molar-refractivity contribution in [3.05, 3.63) is 88.0 Å². The Bertz CT molecular complexity index is 1520. The maximum Gasteiger partial charge on any atom is 0.350 e. The Morgan fingerprint density at radius 2 is 1.83 bits per heavy atom. The predicted octanol–water partition coefficient (Wildman–Crippen LogP) is 6.31. The Labute approximate surface area is 249 Å². The zero-order valence-electron chi connectivity index (χ0n) is 24.1. The van der Waals surface area contributed by atoms with E-state index in [1.807, 2.05) is 13.8 Å². The monoisotopic (exact) mass is 590 g/mol. The van der Waals surface area contributed by atoms with Crippen LogP contribution in [0.5, 0.6) is 11.5 Å². The van der Waals surface area contributed by atoms with E-state index in [0.29, 0.717) is 41.5 Å². The molecule has 4 rings (SSSR count). The number of aromatic nitrogens is 1. The van der Waals surface area contributed by atoms with Crippen LogP contribution >= 0.6 is 11.3 Å². The minimum Gasteiger partial charge on any atom is -0.507 e. The molecular weight excluding hydrogens is 556 g/mol. The maximum atomic E-state index is 13.6. The molecule has 1 atom stereocenters. The van der Waals surface area contributed by atoms with Gasteiger partial charge in [-0.15, -0.1) is 0 Å². The Balaban J connectivity index is 1.89. The minimum atomic E-state index is -1.06. The van der Waals surface area contributed by atoms with Crippen molar-refractivity contribution < 1.29 is 33.7 Å². The number of rotatable bonds is 12. The van der Waals surface area contributed by atoms with E-state index in [9.17, 15) is 19.5 Å². The lowest BCUT2D eigenvalue weighted by Crippen LogP contribution is -2.29. The molecule has 0 bridgehead atoms. The number of unbranched alkanes of at least 4 members (excludes halogenated alkanes) is 1. The summed E-state index contributed by atoms with van der Waals surface area (Å²) in [5.74, 6) is -1.72. The van der Waals surface area contributed by atoms with Gasteiger partial charge in [0.15, 0.2) is 16.6 Å². The molecule has 0 spiro atoms. The van der Waals surface area contributed by atoms with E-state index in [0.717, 1.165) is 29.7 Å². The van der Waals surface area contributed by atoms with E-state index in [1.165, 1.54) is 11.0 Å². The lowest BCUT2D eigenvalue weighted by Gasteiger charge is -2.24. The molecule has 1 aromatic heterocycles. The molecule has 1 N–H and O–H groups in total. The highest BCUT2D eigenvalue weighted by Gasteiger charge is 2.48. The van der Waals surface area contributed by atoms with Gasteiger partial charge in [0.25, 0.3) is 5.78 Å². The number of carbonyl (C=O) groups is 3. The van der Waals surface area contributed by atoms with Gasteiger partial charge in [-0.05, 0) is 44.9 Å². The Kier molecular flexibility index (Phi) is 9.80. The number of anilines is 1. The van der Waals surface area contributed by atoms with Gasteiger partial charge in [-0.1, -0.05) is 73.2 Å². The zero-order valence-corrected chi connectivity index (χ0v) is 25.0. The van der Waals surface area contributed by atoms with Crippen molar-refractivity contribution >= 4 is 39.9 Å². The van der Waals surface area contributed by atoms with Crippen LogP contribution in [-0.4, -0.2) is 47.6 Å². The normalized spacial score (nSPS) is 16.0. The number of carbonyl (C=O) groups excluding carboxylic acids is 3. The van der Waals surface area contributed by atoms with Gasteiger partial charge < -0.3 is 19.3 Å². The molecule has 2 aromatic carbocycles. The number of hydrogen-bond acceptors (Lipinski definition) is 9. The third-order valence-electron chi connectivity index (χ3n) is 6.62. The van der Waals surface area contributed by atoms with Crippen molar-refractivity contribution in [2.75, 3.05) is 24.7 Å². The molecule has 9 nitrogen and oxygen atoms in total. The van der Waals surface area contributed by atoms with Crippen LogP contribution in [0.4, 0.5) is 5.13 Å². The number of amides is 1. The van der Waals surface area contributed by atoms with Crippen molar-refractivity contribution in [1.29, 1.82) is 0 Å². The van der Waals surface area contributed by atoms with Gasteiger partial charge in [-0.2, -0.15) is 0 Å². The second-order valence-corrected chi connectivity index (χ2v) is 10.7. The molecule has 10 heteroatoms. The van der Waals surface area contributed by atoms with Gasteiger partial charge in [0.1, 0.15) is 17.2 Å². The molecule has 1 saturated heterocycles. The summed E-state index contributed by atoms with van der Waals surface area (Å²) in [4.78, 5) is 45.7. The maximum absolute atomic E-state index is 13.6. The largest absolute Gasteiger partial charge is 0.507 e. The molecule has 3 aromatic rings. The molecule has 2 heterocycles. The highest BCUT2D eigenvalue weighted by atomic mass is 32.1. The van der Waals surface area contributed by atoms with Gasteiger partial charge in [-0.3, -0.25) is 14.5 Å². The Morgan fingerprint density at radius 3 is 2.50 bits per heavy atom. The van der Waals surface area contributed by atoms with Crippen LogP contribution in [0.15, 0.2) is 60.7 Å². The molecule has 42 heavy (non-hydrogen) atoms. The number of nitrogens with zero attached hydrogens (tertiary/aromatic N) is 2. The molecule has 1 fully saturated rings. The van der Waals surface area contributed by atoms with E-state index in [4.69, 9.17) is 14.2 Å². The zero-order chi connectivity index (χ0) is 30.4. The molecular formula is C32H34N2O7S. The van der Waals surface area contributed by atoms with Gasteiger partial charge >= 0.3 is 11.9 Å². The van der Waals surface area contributed by atoms with Crippen molar-refractivity contribution in [2.45, 2.75) is 46.6 Å². The highest BCUT2D eigenvalue weighted by molar-refractivity contribution is 7.17. The predicted molar refractivity (Wildman–Crippen MR) is 161 cm³/mol. The van der Waals surface area contributed by atoms with Crippen LogP contribution in [0.2, 0.25) is 0 Å². The van der Waals surface area contributed by atoms with Gasteiger partial charge in [-0.25, -0.2) is 9.78 Å². The molecule has 1 unspecified atom stereocenters. The topological polar surface area (TPSA) is 115 Å². The number of aryl methyl sites for hydroxylation is 2. The fourth-order valence-corrected chi connectivity index (χ4v) is 5.48. The van der Waals surface area contributed by atoms with Crippen molar-refractivity contribution in [2.24, 2.45) is 0 Å². The third-order valence-corrected chi connectivity index (χ3v) is 7.75. The summed E-state index contributed by atoms with van der Waals surface area (Å²) in [5.41, 5.74) is 2.10. The van der Waals surface area contributed by atoms with E-state index < -0.39 is 23.7 Å². The summed E-state index contributed by atoms with van der Waals surface area (Å²) in [6, 6.07) is 11.1. The smallest absolute Gasteiger partial charge is 0.350 e. The molecule has 0 saturated carbocycles. The third kappa shape index (κ3) is 6.23. The first-order valence-electron chi connectivity index (χ1n) is 13.7. The second-order valence-electron chi connectivity index (χ2n) is 9.67. The average molecular weight is 591 g/mol. The number of esters is 1. The summed E-state index contributed by atoms with van der Waals surface area (Å²) in [6.45, 7) is 11.9. The van der Waals surface area contributed by atoms with E-state index in [1.54, 1.807) is 49.4 Å². The molecule has 1 aliphatic heterocycles. The molecule has 1 amide bonds. The summed E-state index contributed by atoms with van der Waals surface area (Å²) in [5, 5.41) is 11.6. The number of aliphatic hydroxyl groups is 1. The fourth-order valence-electron chi connectivity index (χ4n) is 4.50. The van der Waals surface area contributed by atoms with E-state index in [-0.39, 0.29) is 27.9 Å². The van der Waals surface area contributed by atoms with Crippen molar-refractivity contribution in [3.8, 4) is 11.5 Å². The second kappa shape index (κ2) is 13.5. The number of hydrogen-bond donors (Lipinski definition) is 1. The number of Topliss-reactive ketones (excluding diaryl/α,β-unsaturated/α-hetero) is 1. The number of thiazole rings is 1. The summed E-state index contributed by atoms with van der Waals surface area (Å²) in [7, 11) is 0. The first-order valence-corrected chi connectivity index (χ1v) is 14.6. The number of benzene rings is 2. The summed E-state index contributed by atoms with van der Waals surface area (Å²) in [6.07, 6.45) is 3.28. The number of aliphatic hydroxyl groups excluding tert-OH is 1. The number of ether oxygens (including phenoxy) is 3. The van der Waals surface area contributed by atoms with E-state index >= 15 is 0 Å². The van der Waals surface area contributed by atoms with Crippen LogP contribution in [0.25, 0.3) is 5.76 Å². The van der Waals surface area contributed by atoms with Crippen LogP contribution < -0.4 is 14.4 Å². The molecule has 220 valence electrons. The minimum absolute atomic E-state index is 0.0133. The first kappa shape index (κ1) is 30.5. The Hall–Kier alpha value is -4.44. The fraction of sp³-hybridized carbons (Fsp3) is 0.312. The van der Waals surface area contributed by atoms with Gasteiger partial charge in [0, 0.05) is 5.56 Å². The van der Waals surface area contributed by atoms with Crippen molar-refractivity contribution in [1.82, 2.24) is 4.98 Å². The van der Waals surface area contributed by atoms with Crippen molar-refractivity contribution in [3.63, 3.8) is 0 Å². The highest BCUT2D eigenvalue weighted by Crippen LogP contribution is 2.45. The quantitative estimate of drug-likeness (QED) is 0.0652. The lowest BCUT2D eigenvalue weighted by atomic mass is 9.95. The number of ketones is 1. The van der Waals surface area contributed by atoms with Gasteiger partial charge in [0.2, 0.25) is 0 Å². The Morgan fingerprint density at radius 1 is 1.10 bits per heavy atom. The van der Waals surface area contributed by atoms with Crippen LogP contribution in [0.3, 0.4) is 0 Å². The summed E-state index contributed by atoms with van der Waals surface area (Å²) >= 11 is 0.935. The molecule has 1 aliphatic rings. The van der Waals surface area contributed by atoms with Gasteiger partial charge in [0.05, 0.1) is 30.5 Å². The van der Waals surface area contributed by atoms with Crippen LogP contribution in [-0.2, 0) is 14.3 Å². The molecule has 0 aliphatic carbocycles. The SMILES string of the molecule is C=CCOC(=O)c1sc(N2C(=O)C(=O)/C(=C(/O)c3ccc(C)cc3)C2c2ccc(OCCCC)c(OCC)c2)nc1C. The van der Waals surface area contributed by atoms with E-state index in [2.05, 4.69) is 18.5 Å². The standard InChI is InChI=1S/C32H34N2O7S/c1-6-9-17-40-23-15-14-22(18-24(23)39-8-3)26-25(27(35)21-12-10-19(4)11-13-21)28(36)30(37)34(26)32-33-20(5)29(42-32)31(38)41-16-7-2/h7,10-15,18,26,35H,2,6,8-9,16-17H2,1,3-5H3/b27-25+.